The first-order chi connectivity index (χ1) is 18.3. The van der Waals surface area contributed by atoms with Crippen molar-refractivity contribution in [2.75, 3.05) is 0 Å². The van der Waals surface area contributed by atoms with Gasteiger partial charge in [0.15, 0.2) is 0 Å². The van der Waals surface area contributed by atoms with Crippen molar-refractivity contribution in [1.29, 1.82) is 0 Å². The Morgan fingerprint density at radius 2 is 0.595 bits per heavy atom. The van der Waals surface area contributed by atoms with Gasteiger partial charge in [0, 0.05) is 12.8 Å². The quantitative estimate of drug-likeness (QED) is 0.0661. The number of ketones is 1. The molecule has 0 rings (SSSR count). The molecule has 0 N–H and O–H groups in total. The zero-order chi connectivity index (χ0) is 26.9. The van der Waals surface area contributed by atoms with Gasteiger partial charge in [-0.1, -0.05) is 147 Å². The Bertz CT molecular complexity index is 489. The minimum atomic E-state index is 0.505. The fourth-order valence-corrected chi connectivity index (χ4v) is 5.09. The summed E-state index contributed by atoms with van der Waals surface area (Å²) in [7, 11) is 0. The molecular weight excluding hydrogens is 448 g/mol. The van der Waals surface area contributed by atoms with Gasteiger partial charge in [0.2, 0.25) is 0 Å². The largest absolute Gasteiger partial charge is 0.300 e. The van der Waals surface area contributed by atoms with Crippen molar-refractivity contribution in [2.24, 2.45) is 0 Å². The van der Waals surface area contributed by atoms with Crippen molar-refractivity contribution in [3.8, 4) is 0 Å². The summed E-state index contributed by atoms with van der Waals surface area (Å²) >= 11 is 0. The first kappa shape index (κ1) is 36.1. The molecule has 0 aliphatic carbocycles. The zero-order valence-electron chi connectivity index (χ0n) is 25.7. The molecule has 218 valence electrons. The van der Waals surface area contributed by atoms with Gasteiger partial charge in [-0.2, -0.15) is 0 Å². The molecule has 1 nitrogen and oxygen atoms in total. The van der Waals surface area contributed by atoms with Gasteiger partial charge in [-0.05, 0) is 64.2 Å². The van der Waals surface area contributed by atoms with E-state index in [1.54, 1.807) is 0 Å². The molecule has 37 heavy (non-hydrogen) atoms. The van der Waals surface area contributed by atoms with Crippen molar-refractivity contribution in [3.05, 3.63) is 24.3 Å². The number of carbonyl (C=O) groups is 1. The van der Waals surface area contributed by atoms with Crippen LogP contribution >= 0.6 is 0 Å². The van der Waals surface area contributed by atoms with Crippen LogP contribution in [0.3, 0.4) is 0 Å². The molecule has 0 aromatic rings. The predicted octanol–water partition coefficient (Wildman–Crippen LogP) is 13.0. The average molecular weight is 517 g/mol. The standard InChI is InChI=1S/C36H68O/c1-3-5-7-9-11-13-15-17-19-21-23-25-27-29-31-33-35-36(37)34-32-30-28-26-24-22-20-18-16-14-12-10-8-6-4-2/h17,19-20,22H,3-16,18,21,23-35H2,1-2H3/b19-17-,22-20?. The first-order valence-corrected chi connectivity index (χ1v) is 17.1. The van der Waals surface area contributed by atoms with Crippen LogP contribution in [0.2, 0.25) is 0 Å². The van der Waals surface area contributed by atoms with Gasteiger partial charge >= 0.3 is 0 Å². The Labute approximate surface area is 234 Å². The minimum absolute atomic E-state index is 0.505. The third-order valence-corrected chi connectivity index (χ3v) is 7.68. The van der Waals surface area contributed by atoms with Crippen LogP contribution in [0.15, 0.2) is 24.3 Å². The van der Waals surface area contributed by atoms with Crippen LogP contribution in [-0.4, -0.2) is 5.78 Å². The normalized spacial score (nSPS) is 11.8. The van der Waals surface area contributed by atoms with Gasteiger partial charge in [-0.25, -0.2) is 0 Å². The second-order valence-electron chi connectivity index (χ2n) is 11.6. The number of hydrogen-bond donors (Lipinski definition) is 0. The molecule has 1 heteroatoms. The number of Topliss-reactive ketones (excluding diaryl/α,β-unsaturated/α-hetero) is 1. The Morgan fingerprint density at radius 1 is 0.351 bits per heavy atom. The van der Waals surface area contributed by atoms with Crippen molar-refractivity contribution in [2.45, 2.75) is 200 Å². The summed E-state index contributed by atoms with van der Waals surface area (Å²) in [6, 6.07) is 0. The summed E-state index contributed by atoms with van der Waals surface area (Å²) in [6.45, 7) is 4.57. The monoisotopic (exact) mass is 517 g/mol. The molecule has 0 aliphatic rings. The predicted molar refractivity (Wildman–Crippen MR) is 169 cm³/mol. The van der Waals surface area contributed by atoms with E-state index in [2.05, 4.69) is 38.2 Å². The lowest BCUT2D eigenvalue weighted by Gasteiger charge is -2.03. The van der Waals surface area contributed by atoms with Gasteiger partial charge in [0.05, 0.1) is 0 Å². The Balaban J connectivity index is 3.24. The fraction of sp³-hybridized carbons (Fsp3) is 0.861. The fourth-order valence-electron chi connectivity index (χ4n) is 5.09. The maximum Gasteiger partial charge on any atom is 0.132 e. The molecule has 0 amide bonds. The SMILES string of the molecule is CCCCCCCC/C=C\CCCCCCCCC(=O)CCCCCCC=CCCCCCCCCC. The highest BCUT2D eigenvalue weighted by atomic mass is 16.1. The summed E-state index contributed by atoms with van der Waals surface area (Å²) < 4.78 is 0. The van der Waals surface area contributed by atoms with Crippen molar-refractivity contribution < 1.29 is 4.79 Å². The van der Waals surface area contributed by atoms with Crippen LogP contribution in [-0.2, 0) is 4.79 Å². The highest BCUT2D eigenvalue weighted by Crippen LogP contribution is 2.13. The molecule has 0 saturated heterocycles. The first-order valence-electron chi connectivity index (χ1n) is 17.1. The van der Waals surface area contributed by atoms with Crippen LogP contribution in [0.5, 0.6) is 0 Å². The van der Waals surface area contributed by atoms with Crippen LogP contribution in [0.25, 0.3) is 0 Å². The van der Waals surface area contributed by atoms with Gasteiger partial charge in [0.25, 0.3) is 0 Å². The topological polar surface area (TPSA) is 17.1 Å². The highest BCUT2D eigenvalue weighted by Gasteiger charge is 2.02. The van der Waals surface area contributed by atoms with Crippen LogP contribution in [0, 0.1) is 0 Å². The van der Waals surface area contributed by atoms with E-state index in [9.17, 15) is 4.79 Å². The molecule has 0 bridgehead atoms. The van der Waals surface area contributed by atoms with Crippen LogP contribution in [0.1, 0.15) is 200 Å². The summed E-state index contributed by atoms with van der Waals surface area (Å²) in [4.78, 5) is 12.1. The number of carbonyl (C=O) groups excluding carboxylic acids is 1. The van der Waals surface area contributed by atoms with Gasteiger partial charge in [-0.3, -0.25) is 4.79 Å². The van der Waals surface area contributed by atoms with Crippen LogP contribution < -0.4 is 0 Å². The van der Waals surface area contributed by atoms with E-state index >= 15 is 0 Å². The van der Waals surface area contributed by atoms with E-state index < -0.39 is 0 Å². The Kier molecular flexibility index (Phi) is 32.4. The van der Waals surface area contributed by atoms with E-state index in [4.69, 9.17) is 0 Å². The average Bonchev–Trinajstić information content (AvgIpc) is 2.90. The van der Waals surface area contributed by atoms with Gasteiger partial charge in [0.1, 0.15) is 5.78 Å². The third-order valence-electron chi connectivity index (χ3n) is 7.68. The lowest BCUT2D eigenvalue weighted by Crippen LogP contribution is -1.97. The summed E-state index contributed by atoms with van der Waals surface area (Å²) in [5.41, 5.74) is 0. The van der Waals surface area contributed by atoms with E-state index in [0.717, 1.165) is 25.7 Å². The molecule has 0 aliphatic heterocycles. The van der Waals surface area contributed by atoms with Crippen molar-refractivity contribution in [3.63, 3.8) is 0 Å². The lowest BCUT2D eigenvalue weighted by atomic mass is 10.0. The molecule has 0 radical (unpaired) electrons. The van der Waals surface area contributed by atoms with E-state index in [1.165, 1.54) is 161 Å². The van der Waals surface area contributed by atoms with Crippen molar-refractivity contribution >= 4 is 5.78 Å². The second-order valence-corrected chi connectivity index (χ2v) is 11.6. The molecule has 0 heterocycles. The number of allylic oxidation sites excluding steroid dienone is 4. The summed E-state index contributed by atoms with van der Waals surface area (Å²) in [5, 5.41) is 0. The zero-order valence-corrected chi connectivity index (χ0v) is 25.7. The van der Waals surface area contributed by atoms with Gasteiger partial charge in [-0.15, -0.1) is 0 Å². The Hall–Kier alpha value is -0.850. The number of hydrogen-bond acceptors (Lipinski definition) is 1. The minimum Gasteiger partial charge on any atom is -0.300 e. The molecule has 0 atom stereocenters. The molecular formula is C36H68O. The number of rotatable bonds is 31. The van der Waals surface area contributed by atoms with Gasteiger partial charge < -0.3 is 0 Å². The molecule has 0 unspecified atom stereocenters. The van der Waals surface area contributed by atoms with Crippen molar-refractivity contribution in [1.82, 2.24) is 0 Å². The number of unbranched alkanes of at least 4 members (excludes halogenated alkanes) is 23. The van der Waals surface area contributed by atoms with E-state index in [-0.39, 0.29) is 0 Å². The molecule has 0 saturated carbocycles. The third kappa shape index (κ3) is 33.1. The summed E-state index contributed by atoms with van der Waals surface area (Å²) in [6.07, 6.45) is 47.0. The van der Waals surface area contributed by atoms with Crippen LogP contribution in [0.4, 0.5) is 0 Å². The molecule has 0 fully saturated rings. The second kappa shape index (κ2) is 33.2. The highest BCUT2D eigenvalue weighted by molar-refractivity contribution is 5.78. The molecule has 0 spiro atoms. The Morgan fingerprint density at radius 3 is 0.892 bits per heavy atom. The summed E-state index contributed by atoms with van der Waals surface area (Å²) in [5.74, 6) is 0.505. The lowest BCUT2D eigenvalue weighted by molar-refractivity contribution is -0.119. The van der Waals surface area contributed by atoms with E-state index in [1.807, 2.05) is 0 Å². The maximum atomic E-state index is 12.1. The molecule has 0 aromatic carbocycles. The van der Waals surface area contributed by atoms with E-state index in [0.29, 0.717) is 5.78 Å². The maximum absolute atomic E-state index is 12.1. The smallest absolute Gasteiger partial charge is 0.132 e. The molecule has 0 aromatic heterocycles.